The molecule has 1 aliphatic rings. The number of rotatable bonds is 3. The molecule has 18 heavy (non-hydrogen) atoms. The van der Waals surface area contributed by atoms with Gasteiger partial charge in [-0.3, -0.25) is 4.79 Å². The van der Waals surface area contributed by atoms with Crippen LogP contribution in [0, 0.1) is 23.7 Å². The van der Waals surface area contributed by atoms with Crippen molar-refractivity contribution in [3.63, 3.8) is 0 Å². The fourth-order valence-corrected chi connectivity index (χ4v) is 2.86. The molecule has 96 valence electrons. The molecule has 1 aliphatic heterocycles. The number of thiophene rings is 1. The summed E-state index contributed by atoms with van der Waals surface area (Å²) in [6, 6.07) is 6.20. The van der Waals surface area contributed by atoms with Crippen LogP contribution in [0.25, 0.3) is 0 Å². The number of carbonyl (C=O) groups excluding carboxylic acids is 1. The summed E-state index contributed by atoms with van der Waals surface area (Å²) < 4.78 is 5.21. The molecule has 0 spiro atoms. The summed E-state index contributed by atoms with van der Waals surface area (Å²) in [4.78, 5) is 14.5. The van der Waals surface area contributed by atoms with Gasteiger partial charge in [0, 0.05) is 23.0 Å². The van der Waals surface area contributed by atoms with E-state index >= 15 is 0 Å². The van der Waals surface area contributed by atoms with E-state index in [0.717, 1.165) is 4.88 Å². The molecule has 5 heteroatoms. The zero-order chi connectivity index (χ0) is 13.0. The second kappa shape index (κ2) is 5.51. The molecule has 0 saturated carbocycles. The molecule has 0 aromatic carbocycles. The maximum atomic E-state index is 12.1. The van der Waals surface area contributed by atoms with Gasteiger partial charge in [-0.2, -0.15) is 5.26 Å². The van der Waals surface area contributed by atoms with Crippen molar-refractivity contribution < 1.29 is 9.53 Å². The highest BCUT2D eigenvalue weighted by molar-refractivity contribution is 7.11. The molecule has 1 fully saturated rings. The molecule has 0 atom stereocenters. The van der Waals surface area contributed by atoms with Crippen LogP contribution in [0.3, 0.4) is 0 Å². The summed E-state index contributed by atoms with van der Waals surface area (Å²) in [6.45, 7) is 3.51. The first kappa shape index (κ1) is 13.1. The second-order valence-corrected chi connectivity index (χ2v) is 5.87. The van der Waals surface area contributed by atoms with E-state index in [9.17, 15) is 10.1 Å². The Balaban J connectivity index is 1.96. The fraction of sp³-hybridized carbons (Fsp3) is 0.538. The number of amides is 1. The van der Waals surface area contributed by atoms with Gasteiger partial charge < -0.3 is 10.1 Å². The van der Waals surface area contributed by atoms with Crippen LogP contribution >= 0.6 is 11.3 Å². The molecular formula is C13H16N2O2S. The van der Waals surface area contributed by atoms with E-state index in [0.29, 0.717) is 32.6 Å². The second-order valence-electron chi connectivity index (χ2n) is 4.50. The van der Waals surface area contributed by atoms with Gasteiger partial charge in [-0.25, -0.2) is 0 Å². The van der Waals surface area contributed by atoms with Crippen molar-refractivity contribution in [3.05, 3.63) is 21.9 Å². The average molecular weight is 264 g/mol. The first-order chi connectivity index (χ1) is 8.66. The number of nitriles is 1. The Morgan fingerprint density at radius 3 is 2.83 bits per heavy atom. The predicted octanol–water partition coefficient (Wildman–Crippen LogP) is 1.99. The Morgan fingerprint density at radius 1 is 1.56 bits per heavy atom. The minimum Gasteiger partial charge on any atom is -0.381 e. The maximum absolute atomic E-state index is 12.1. The van der Waals surface area contributed by atoms with E-state index in [1.165, 1.54) is 4.88 Å². The minimum absolute atomic E-state index is 0.167. The van der Waals surface area contributed by atoms with Crippen LogP contribution in [0.4, 0.5) is 0 Å². The van der Waals surface area contributed by atoms with Crippen LogP contribution in [0.5, 0.6) is 0 Å². The molecule has 1 saturated heterocycles. The van der Waals surface area contributed by atoms with Gasteiger partial charge in [0.05, 0.1) is 12.6 Å². The third-order valence-electron chi connectivity index (χ3n) is 3.21. The molecule has 1 amide bonds. The first-order valence-electron chi connectivity index (χ1n) is 5.99. The number of nitrogens with zero attached hydrogens (tertiary/aromatic N) is 1. The highest BCUT2D eigenvalue weighted by Crippen LogP contribution is 2.30. The Morgan fingerprint density at radius 2 is 2.28 bits per heavy atom. The minimum atomic E-state index is -0.898. The quantitative estimate of drug-likeness (QED) is 0.908. The molecule has 0 unspecified atom stereocenters. The van der Waals surface area contributed by atoms with E-state index in [1.54, 1.807) is 11.3 Å². The van der Waals surface area contributed by atoms with Crippen molar-refractivity contribution in [2.75, 3.05) is 13.2 Å². The zero-order valence-electron chi connectivity index (χ0n) is 10.4. The Kier molecular flexibility index (Phi) is 4.00. The van der Waals surface area contributed by atoms with Crippen LogP contribution in [-0.2, 0) is 16.1 Å². The average Bonchev–Trinajstić information content (AvgIpc) is 2.82. The van der Waals surface area contributed by atoms with E-state index in [1.807, 2.05) is 19.1 Å². The maximum Gasteiger partial charge on any atom is 0.240 e. The smallest absolute Gasteiger partial charge is 0.240 e. The summed E-state index contributed by atoms with van der Waals surface area (Å²) in [6.07, 6.45) is 0.970. The van der Waals surface area contributed by atoms with E-state index in [4.69, 9.17) is 4.74 Å². The lowest BCUT2D eigenvalue weighted by Crippen LogP contribution is -2.43. The third-order valence-corrected chi connectivity index (χ3v) is 4.21. The van der Waals surface area contributed by atoms with Crippen LogP contribution in [-0.4, -0.2) is 19.1 Å². The van der Waals surface area contributed by atoms with Crippen molar-refractivity contribution in [3.8, 4) is 6.07 Å². The Labute approximate surface area is 111 Å². The van der Waals surface area contributed by atoms with E-state index in [-0.39, 0.29) is 5.91 Å². The molecule has 0 aliphatic carbocycles. The van der Waals surface area contributed by atoms with Gasteiger partial charge in [0.15, 0.2) is 0 Å². The number of hydrogen-bond acceptors (Lipinski definition) is 4. The Bertz CT molecular complexity index is 470. The third kappa shape index (κ3) is 2.71. The summed E-state index contributed by atoms with van der Waals surface area (Å²) in [5.74, 6) is -0.167. The van der Waals surface area contributed by atoms with Crippen LogP contribution in [0.15, 0.2) is 12.1 Å². The largest absolute Gasteiger partial charge is 0.381 e. The van der Waals surface area contributed by atoms with Gasteiger partial charge in [0.25, 0.3) is 0 Å². The van der Waals surface area contributed by atoms with E-state index < -0.39 is 5.41 Å². The number of hydrogen-bond donors (Lipinski definition) is 1. The number of aryl methyl sites for hydroxylation is 1. The molecule has 2 rings (SSSR count). The molecular weight excluding hydrogens is 248 g/mol. The van der Waals surface area contributed by atoms with Crippen molar-refractivity contribution in [1.82, 2.24) is 5.32 Å². The molecule has 2 heterocycles. The molecule has 1 aromatic rings. The van der Waals surface area contributed by atoms with Crippen molar-refractivity contribution in [2.24, 2.45) is 5.41 Å². The first-order valence-corrected chi connectivity index (χ1v) is 6.80. The Hall–Kier alpha value is -1.38. The highest BCUT2D eigenvalue weighted by atomic mass is 32.1. The molecule has 1 aromatic heterocycles. The molecule has 0 bridgehead atoms. The summed E-state index contributed by atoms with van der Waals surface area (Å²) in [5.41, 5.74) is -0.898. The standard InChI is InChI=1S/C13H16N2O2S/c1-10-2-3-11(18-10)8-15-12(16)13(9-14)4-6-17-7-5-13/h2-3H,4-8H2,1H3,(H,15,16). The zero-order valence-corrected chi connectivity index (χ0v) is 11.2. The number of carbonyl (C=O) groups is 1. The van der Waals surface area contributed by atoms with Crippen LogP contribution in [0.1, 0.15) is 22.6 Å². The molecule has 4 nitrogen and oxygen atoms in total. The van der Waals surface area contributed by atoms with E-state index in [2.05, 4.69) is 11.4 Å². The fourth-order valence-electron chi connectivity index (χ4n) is 2.03. The van der Waals surface area contributed by atoms with Gasteiger partial charge >= 0.3 is 0 Å². The van der Waals surface area contributed by atoms with Gasteiger partial charge in [0.2, 0.25) is 5.91 Å². The molecule has 1 N–H and O–H groups in total. The SMILES string of the molecule is Cc1ccc(CNC(=O)C2(C#N)CCOCC2)s1. The number of ether oxygens (including phenoxy) is 1. The number of nitrogens with one attached hydrogen (secondary N) is 1. The van der Waals surface area contributed by atoms with Crippen molar-refractivity contribution in [1.29, 1.82) is 5.26 Å². The van der Waals surface area contributed by atoms with Gasteiger partial charge in [-0.1, -0.05) is 0 Å². The summed E-state index contributed by atoms with van der Waals surface area (Å²) >= 11 is 1.66. The molecule has 0 radical (unpaired) electrons. The lowest BCUT2D eigenvalue weighted by atomic mass is 9.81. The lowest BCUT2D eigenvalue weighted by molar-refractivity contribution is -0.132. The van der Waals surface area contributed by atoms with Gasteiger partial charge in [0.1, 0.15) is 5.41 Å². The normalized spacial score (nSPS) is 18.0. The van der Waals surface area contributed by atoms with Crippen molar-refractivity contribution >= 4 is 17.2 Å². The van der Waals surface area contributed by atoms with Gasteiger partial charge in [-0.15, -0.1) is 11.3 Å². The van der Waals surface area contributed by atoms with Gasteiger partial charge in [-0.05, 0) is 31.9 Å². The predicted molar refractivity (Wildman–Crippen MR) is 69.0 cm³/mol. The monoisotopic (exact) mass is 264 g/mol. The van der Waals surface area contributed by atoms with Crippen molar-refractivity contribution in [2.45, 2.75) is 26.3 Å². The highest BCUT2D eigenvalue weighted by Gasteiger charge is 2.40. The topological polar surface area (TPSA) is 62.1 Å². The summed E-state index contributed by atoms with van der Waals surface area (Å²) in [5, 5.41) is 12.1. The summed E-state index contributed by atoms with van der Waals surface area (Å²) in [7, 11) is 0. The van der Waals surface area contributed by atoms with Crippen LogP contribution in [0.2, 0.25) is 0 Å². The lowest BCUT2D eigenvalue weighted by Gasteiger charge is -2.29. The van der Waals surface area contributed by atoms with Crippen LogP contribution < -0.4 is 5.32 Å².